The van der Waals surface area contributed by atoms with Crippen LogP contribution in [0.4, 0.5) is 5.69 Å². The van der Waals surface area contributed by atoms with Crippen molar-refractivity contribution in [2.24, 2.45) is 0 Å². The highest BCUT2D eigenvalue weighted by Crippen LogP contribution is 2.38. The maximum absolute atomic E-state index is 10.5. The van der Waals surface area contributed by atoms with Crippen LogP contribution < -0.4 is 10.6 Å². The normalized spacial score (nSPS) is 32.2. The Morgan fingerprint density at radius 2 is 2.00 bits per heavy atom. The molecular formula is C16H22N2O5S. The first-order valence-corrected chi connectivity index (χ1v) is 8.23. The van der Waals surface area contributed by atoms with E-state index < -0.39 is 36.4 Å². The van der Waals surface area contributed by atoms with Crippen molar-refractivity contribution in [2.45, 2.75) is 50.3 Å². The molecule has 8 heteroatoms. The molecule has 1 aromatic carbocycles. The van der Waals surface area contributed by atoms with Gasteiger partial charge in [0.2, 0.25) is 0 Å². The molecule has 0 amide bonds. The molecule has 2 aliphatic heterocycles. The lowest BCUT2D eigenvalue weighted by atomic mass is 10.0. The van der Waals surface area contributed by atoms with E-state index in [4.69, 9.17) is 26.4 Å². The number of thiocarbonyl (C=S) groups is 1. The molecule has 2 saturated heterocycles. The van der Waals surface area contributed by atoms with Gasteiger partial charge in [-0.15, -0.1) is 0 Å². The zero-order chi connectivity index (χ0) is 17.3. The minimum absolute atomic E-state index is 0.263. The van der Waals surface area contributed by atoms with Crippen molar-refractivity contribution in [1.82, 2.24) is 5.32 Å². The van der Waals surface area contributed by atoms with Crippen molar-refractivity contribution in [3.8, 4) is 0 Å². The number of anilines is 1. The van der Waals surface area contributed by atoms with Crippen LogP contribution in [0.2, 0.25) is 0 Å². The lowest BCUT2D eigenvalue weighted by Crippen LogP contribution is -2.52. The van der Waals surface area contributed by atoms with E-state index in [-0.39, 0.29) is 6.61 Å². The van der Waals surface area contributed by atoms with Gasteiger partial charge in [0, 0.05) is 5.69 Å². The lowest BCUT2D eigenvalue weighted by molar-refractivity contribution is -0.218. The third-order valence-electron chi connectivity index (χ3n) is 3.99. The van der Waals surface area contributed by atoms with Gasteiger partial charge in [0.05, 0.1) is 12.6 Å². The third kappa shape index (κ3) is 3.69. The number of para-hydroxylation sites is 1. The van der Waals surface area contributed by atoms with Crippen molar-refractivity contribution >= 4 is 23.0 Å². The molecule has 0 saturated carbocycles. The fourth-order valence-electron chi connectivity index (χ4n) is 2.94. The molecule has 0 aliphatic carbocycles. The van der Waals surface area contributed by atoms with Gasteiger partial charge in [0.1, 0.15) is 18.3 Å². The van der Waals surface area contributed by atoms with Crippen LogP contribution in [0.5, 0.6) is 0 Å². The van der Waals surface area contributed by atoms with E-state index in [2.05, 4.69) is 10.6 Å². The Kier molecular flexibility index (Phi) is 5.05. The largest absolute Gasteiger partial charge is 0.394 e. The summed E-state index contributed by atoms with van der Waals surface area (Å²) in [6.07, 6.45) is -2.87. The zero-order valence-corrected chi connectivity index (χ0v) is 14.3. The highest BCUT2D eigenvalue weighted by Gasteiger charge is 2.56. The summed E-state index contributed by atoms with van der Waals surface area (Å²) >= 11 is 5.26. The van der Waals surface area contributed by atoms with Crippen LogP contribution in [0.25, 0.3) is 0 Å². The minimum Gasteiger partial charge on any atom is -0.394 e. The molecule has 2 fully saturated rings. The Hall–Kier alpha value is -1.29. The van der Waals surface area contributed by atoms with Gasteiger partial charge in [-0.05, 0) is 38.2 Å². The number of rotatable bonds is 4. The average molecular weight is 354 g/mol. The summed E-state index contributed by atoms with van der Waals surface area (Å²) in [5.41, 5.74) is 0.824. The number of aliphatic hydroxyl groups excluding tert-OH is 2. The van der Waals surface area contributed by atoms with Crippen LogP contribution in [-0.4, -0.2) is 58.4 Å². The molecule has 3 rings (SSSR count). The van der Waals surface area contributed by atoms with Crippen LogP contribution in [0.3, 0.4) is 0 Å². The molecular weight excluding hydrogens is 332 g/mol. The second-order valence-electron chi connectivity index (χ2n) is 6.31. The molecule has 2 aliphatic rings. The average Bonchev–Trinajstić information content (AvgIpc) is 2.99. The van der Waals surface area contributed by atoms with Gasteiger partial charge in [-0.25, -0.2) is 0 Å². The third-order valence-corrected chi connectivity index (χ3v) is 4.21. The molecule has 0 unspecified atom stereocenters. The SMILES string of the molecule is CC1(C)O[C@H]2O[C@H]([C@H](CO)NC(=S)Nc3ccccc3)[C@@H](O)[C@H]2O1. The summed E-state index contributed by atoms with van der Waals surface area (Å²) in [6.45, 7) is 3.26. The lowest BCUT2D eigenvalue weighted by Gasteiger charge is -2.29. The number of hydrogen-bond acceptors (Lipinski definition) is 6. The molecule has 1 aromatic rings. The Morgan fingerprint density at radius 1 is 1.29 bits per heavy atom. The fourth-order valence-corrected chi connectivity index (χ4v) is 3.21. The monoisotopic (exact) mass is 354 g/mol. The van der Waals surface area contributed by atoms with Crippen molar-refractivity contribution < 1.29 is 24.4 Å². The van der Waals surface area contributed by atoms with Crippen LogP contribution in [0.15, 0.2) is 30.3 Å². The Balaban J connectivity index is 1.60. The molecule has 7 nitrogen and oxygen atoms in total. The number of ether oxygens (including phenoxy) is 3. The molecule has 24 heavy (non-hydrogen) atoms. The molecule has 5 atom stereocenters. The summed E-state index contributed by atoms with van der Waals surface area (Å²) in [7, 11) is 0. The van der Waals surface area contributed by atoms with Crippen molar-refractivity contribution in [3.63, 3.8) is 0 Å². The van der Waals surface area contributed by atoms with Crippen molar-refractivity contribution in [3.05, 3.63) is 30.3 Å². The number of benzene rings is 1. The van der Waals surface area contributed by atoms with E-state index in [1.54, 1.807) is 13.8 Å². The molecule has 0 spiro atoms. The molecule has 0 radical (unpaired) electrons. The maximum atomic E-state index is 10.5. The Labute approximate surface area is 145 Å². The zero-order valence-electron chi connectivity index (χ0n) is 13.5. The molecule has 0 bridgehead atoms. The van der Waals surface area contributed by atoms with Gasteiger partial charge in [0.25, 0.3) is 0 Å². The van der Waals surface area contributed by atoms with Gasteiger partial charge in [0.15, 0.2) is 17.2 Å². The Bertz CT molecular complexity index is 585. The molecule has 2 heterocycles. The van der Waals surface area contributed by atoms with Crippen LogP contribution >= 0.6 is 12.2 Å². The van der Waals surface area contributed by atoms with Crippen LogP contribution in [0, 0.1) is 0 Å². The van der Waals surface area contributed by atoms with E-state index >= 15 is 0 Å². The Morgan fingerprint density at radius 3 is 2.62 bits per heavy atom. The van der Waals surface area contributed by atoms with Crippen molar-refractivity contribution in [2.75, 3.05) is 11.9 Å². The summed E-state index contributed by atoms with van der Waals surface area (Å²) in [4.78, 5) is 0. The second-order valence-corrected chi connectivity index (χ2v) is 6.72. The second kappa shape index (κ2) is 6.91. The predicted molar refractivity (Wildman–Crippen MR) is 91.4 cm³/mol. The van der Waals surface area contributed by atoms with E-state index in [0.29, 0.717) is 5.11 Å². The number of fused-ring (bicyclic) bond motifs is 1. The summed E-state index contributed by atoms with van der Waals surface area (Å²) in [5, 5.41) is 26.4. The maximum Gasteiger partial charge on any atom is 0.190 e. The molecule has 4 N–H and O–H groups in total. The minimum atomic E-state index is -0.930. The molecule has 132 valence electrons. The summed E-state index contributed by atoms with van der Waals surface area (Å²) in [5.74, 6) is -0.798. The summed E-state index contributed by atoms with van der Waals surface area (Å²) < 4.78 is 17.0. The van der Waals surface area contributed by atoms with Gasteiger partial charge in [-0.1, -0.05) is 18.2 Å². The first-order valence-electron chi connectivity index (χ1n) is 7.82. The topological polar surface area (TPSA) is 92.2 Å². The van der Waals surface area contributed by atoms with Gasteiger partial charge in [-0.3, -0.25) is 0 Å². The van der Waals surface area contributed by atoms with Gasteiger partial charge < -0.3 is 35.1 Å². The number of aliphatic hydroxyl groups is 2. The van der Waals surface area contributed by atoms with Crippen molar-refractivity contribution in [1.29, 1.82) is 0 Å². The van der Waals surface area contributed by atoms with E-state index in [1.165, 1.54) is 0 Å². The smallest absolute Gasteiger partial charge is 0.190 e. The van der Waals surface area contributed by atoms with E-state index in [1.807, 2.05) is 30.3 Å². The van der Waals surface area contributed by atoms with Crippen LogP contribution in [0.1, 0.15) is 13.8 Å². The first-order chi connectivity index (χ1) is 11.4. The van der Waals surface area contributed by atoms with E-state index in [9.17, 15) is 10.2 Å². The fraction of sp³-hybridized carbons (Fsp3) is 0.562. The summed E-state index contributed by atoms with van der Waals surface area (Å²) in [6, 6.07) is 8.82. The van der Waals surface area contributed by atoms with Gasteiger partial charge in [-0.2, -0.15) is 0 Å². The standard InChI is InChI=1S/C16H22N2O5S/c1-16(2)22-13-11(20)12(21-14(13)23-16)10(8-19)18-15(24)17-9-6-4-3-5-7-9/h3-7,10-14,19-20H,8H2,1-2H3,(H2,17,18,24)/t10-,11+,12+,13+,14+/m0/s1. The van der Waals surface area contributed by atoms with E-state index in [0.717, 1.165) is 5.69 Å². The highest BCUT2D eigenvalue weighted by molar-refractivity contribution is 7.80. The predicted octanol–water partition coefficient (Wildman–Crippen LogP) is 0.571. The van der Waals surface area contributed by atoms with Gasteiger partial charge >= 0.3 is 0 Å². The number of hydrogen-bond donors (Lipinski definition) is 4. The quantitative estimate of drug-likeness (QED) is 0.584. The first kappa shape index (κ1) is 17.5. The number of nitrogens with one attached hydrogen (secondary N) is 2. The van der Waals surface area contributed by atoms with Crippen LogP contribution in [-0.2, 0) is 14.2 Å². The molecule has 0 aromatic heterocycles. The highest BCUT2D eigenvalue weighted by atomic mass is 32.1.